The van der Waals surface area contributed by atoms with Crippen molar-refractivity contribution >= 4 is 18.0 Å². The van der Waals surface area contributed by atoms with E-state index in [2.05, 4.69) is 19.2 Å². The fourth-order valence-corrected chi connectivity index (χ4v) is 3.91. The predicted octanol–water partition coefficient (Wildman–Crippen LogP) is 3.12. The molecule has 0 aromatic rings. The maximum absolute atomic E-state index is 12.3. The molecule has 0 unspecified atom stereocenters. The standard InChI is InChI=1S/C21H36N2O5/c1-14-7-6-8-17(15(14)2)22-18(24)13-27-19(25)16-9-11-23(12-10-16)20(26)28-21(3,4)5/h14-17H,6-13H2,1-5H3,(H,22,24)/t14-,15+,17-/m0/s1. The van der Waals surface area contributed by atoms with Crippen molar-refractivity contribution in [3.05, 3.63) is 0 Å². The number of esters is 1. The molecule has 3 atom stereocenters. The normalized spacial score (nSPS) is 26.5. The smallest absolute Gasteiger partial charge is 0.410 e. The number of nitrogens with zero attached hydrogens (tertiary/aromatic N) is 1. The fraction of sp³-hybridized carbons (Fsp3) is 0.857. The van der Waals surface area contributed by atoms with Gasteiger partial charge in [0.25, 0.3) is 5.91 Å². The molecule has 1 heterocycles. The highest BCUT2D eigenvalue weighted by Crippen LogP contribution is 2.29. The number of rotatable bonds is 4. The first kappa shape index (κ1) is 22.5. The Morgan fingerprint density at radius 1 is 1.04 bits per heavy atom. The Labute approximate surface area is 168 Å². The van der Waals surface area contributed by atoms with E-state index in [9.17, 15) is 14.4 Å². The van der Waals surface area contributed by atoms with Crippen molar-refractivity contribution in [1.29, 1.82) is 0 Å². The van der Waals surface area contributed by atoms with Gasteiger partial charge >= 0.3 is 12.1 Å². The largest absolute Gasteiger partial charge is 0.455 e. The SMILES string of the molecule is C[C@H]1[C@@H](NC(=O)COC(=O)C2CCN(C(=O)OC(C)(C)C)CC2)CCC[C@@H]1C. The van der Waals surface area contributed by atoms with Crippen molar-refractivity contribution in [1.82, 2.24) is 10.2 Å². The molecule has 7 nitrogen and oxygen atoms in total. The fourth-order valence-electron chi connectivity index (χ4n) is 3.91. The molecule has 2 rings (SSSR count). The summed E-state index contributed by atoms with van der Waals surface area (Å²) in [5.74, 6) is 0.164. The summed E-state index contributed by atoms with van der Waals surface area (Å²) in [7, 11) is 0. The summed E-state index contributed by atoms with van der Waals surface area (Å²) in [4.78, 5) is 38.1. The molecule has 1 aliphatic heterocycles. The van der Waals surface area contributed by atoms with Crippen LogP contribution in [-0.4, -0.2) is 54.2 Å². The first-order valence-corrected chi connectivity index (χ1v) is 10.5. The van der Waals surface area contributed by atoms with Gasteiger partial charge in [0.15, 0.2) is 6.61 Å². The predicted molar refractivity (Wildman–Crippen MR) is 106 cm³/mol. The van der Waals surface area contributed by atoms with Crippen LogP contribution in [0.3, 0.4) is 0 Å². The lowest BCUT2D eigenvalue weighted by atomic mass is 9.78. The average Bonchev–Trinajstić information content (AvgIpc) is 2.62. The Balaban J connectivity index is 1.70. The molecule has 0 aromatic carbocycles. The zero-order valence-corrected chi connectivity index (χ0v) is 18.0. The minimum atomic E-state index is -0.534. The molecule has 1 saturated carbocycles. The van der Waals surface area contributed by atoms with Crippen molar-refractivity contribution in [2.75, 3.05) is 19.7 Å². The molecule has 2 aliphatic rings. The van der Waals surface area contributed by atoms with Gasteiger partial charge in [-0.15, -0.1) is 0 Å². The first-order valence-electron chi connectivity index (χ1n) is 10.5. The topological polar surface area (TPSA) is 84.9 Å². The van der Waals surface area contributed by atoms with Crippen LogP contribution < -0.4 is 5.32 Å². The van der Waals surface area contributed by atoms with E-state index in [0.717, 1.165) is 12.8 Å². The van der Waals surface area contributed by atoms with Crippen LogP contribution in [0.15, 0.2) is 0 Å². The molecule has 2 fully saturated rings. The van der Waals surface area contributed by atoms with E-state index in [1.807, 2.05) is 20.8 Å². The summed E-state index contributed by atoms with van der Waals surface area (Å²) in [6.45, 7) is 10.5. The van der Waals surface area contributed by atoms with Gasteiger partial charge in [-0.05, 0) is 51.9 Å². The minimum Gasteiger partial charge on any atom is -0.455 e. The van der Waals surface area contributed by atoms with E-state index in [-0.39, 0.29) is 36.5 Å². The van der Waals surface area contributed by atoms with E-state index >= 15 is 0 Å². The molecule has 1 N–H and O–H groups in total. The maximum Gasteiger partial charge on any atom is 0.410 e. The van der Waals surface area contributed by atoms with Crippen molar-refractivity contribution in [3.8, 4) is 0 Å². The molecular formula is C21H36N2O5. The molecule has 1 saturated heterocycles. The molecule has 160 valence electrons. The lowest BCUT2D eigenvalue weighted by molar-refractivity contribution is -0.154. The van der Waals surface area contributed by atoms with Crippen LogP contribution in [0.1, 0.15) is 66.7 Å². The average molecular weight is 397 g/mol. The van der Waals surface area contributed by atoms with Crippen molar-refractivity contribution in [2.45, 2.75) is 78.4 Å². The van der Waals surface area contributed by atoms with Crippen molar-refractivity contribution in [2.24, 2.45) is 17.8 Å². The van der Waals surface area contributed by atoms with E-state index in [1.165, 1.54) is 6.42 Å². The summed E-state index contributed by atoms with van der Waals surface area (Å²) in [6.07, 6.45) is 3.99. The van der Waals surface area contributed by atoms with Gasteiger partial charge in [0.1, 0.15) is 5.60 Å². The first-order chi connectivity index (χ1) is 13.1. The number of carbonyl (C=O) groups excluding carboxylic acids is 3. The van der Waals surface area contributed by atoms with E-state index in [0.29, 0.717) is 37.8 Å². The number of carbonyl (C=O) groups is 3. The quantitative estimate of drug-likeness (QED) is 0.738. The van der Waals surface area contributed by atoms with Crippen LogP contribution >= 0.6 is 0 Å². The highest BCUT2D eigenvalue weighted by Gasteiger charge is 2.32. The highest BCUT2D eigenvalue weighted by molar-refractivity contribution is 5.81. The van der Waals surface area contributed by atoms with Crippen molar-refractivity contribution < 1.29 is 23.9 Å². The lowest BCUT2D eigenvalue weighted by Crippen LogP contribution is -2.46. The molecule has 0 aromatic heterocycles. The summed E-state index contributed by atoms with van der Waals surface area (Å²) in [6, 6.07) is 0.159. The van der Waals surface area contributed by atoms with Gasteiger partial charge in [0, 0.05) is 19.1 Å². The van der Waals surface area contributed by atoms with Crippen molar-refractivity contribution in [3.63, 3.8) is 0 Å². The second-order valence-electron chi connectivity index (χ2n) is 9.29. The van der Waals surface area contributed by atoms with E-state index in [1.54, 1.807) is 4.90 Å². The van der Waals surface area contributed by atoms with E-state index in [4.69, 9.17) is 9.47 Å². The molecule has 1 aliphatic carbocycles. The number of nitrogens with one attached hydrogen (secondary N) is 1. The third-order valence-corrected chi connectivity index (χ3v) is 5.88. The van der Waals surface area contributed by atoms with Gasteiger partial charge in [0.2, 0.25) is 0 Å². The van der Waals surface area contributed by atoms with E-state index < -0.39 is 5.60 Å². The van der Waals surface area contributed by atoms with Crippen LogP contribution in [0.25, 0.3) is 0 Å². The third-order valence-electron chi connectivity index (χ3n) is 5.88. The monoisotopic (exact) mass is 396 g/mol. The highest BCUT2D eigenvalue weighted by atomic mass is 16.6. The number of hydrogen-bond donors (Lipinski definition) is 1. The zero-order chi connectivity index (χ0) is 20.9. The van der Waals surface area contributed by atoms with Gasteiger partial charge in [0.05, 0.1) is 5.92 Å². The zero-order valence-electron chi connectivity index (χ0n) is 18.0. The second kappa shape index (κ2) is 9.61. The summed E-state index contributed by atoms with van der Waals surface area (Å²) in [5, 5.41) is 3.02. The summed E-state index contributed by atoms with van der Waals surface area (Å²) < 4.78 is 10.6. The number of amides is 2. The van der Waals surface area contributed by atoms with Crippen LogP contribution in [0, 0.1) is 17.8 Å². The Morgan fingerprint density at radius 2 is 1.68 bits per heavy atom. The molecule has 7 heteroatoms. The molecule has 0 bridgehead atoms. The third kappa shape index (κ3) is 6.67. The second-order valence-corrected chi connectivity index (χ2v) is 9.29. The summed E-state index contributed by atoms with van der Waals surface area (Å²) >= 11 is 0. The Bertz CT molecular complexity index is 564. The molecule has 0 spiro atoms. The molecule has 0 radical (unpaired) electrons. The van der Waals surface area contributed by atoms with Gasteiger partial charge in [-0.2, -0.15) is 0 Å². The number of piperidine rings is 1. The Hall–Kier alpha value is -1.79. The summed E-state index contributed by atoms with van der Waals surface area (Å²) in [5.41, 5.74) is -0.534. The lowest BCUT2D eigenvalue weighted by Gasteiger charge is -2.34. The van der Waals surface area contributed by atoms with Crippen LogP contribution in [0.4, 0.5) is 4.79 Å². The number of ether oxygens (including phenoxy) is 2. The molecule has 2 amide bonds. The van der Waals surface area contributed by atoms with Gasteiger partial charge < -0.3 is 19.7 Å². The van der Waals surface area contributed by atoms with Crippen LogP contribution in [-0.2, 0) is 19.1 Å². The Kier molecular flexibility index (Phi) is 7.72. The molecule has 28 heavy (non-hydrogen) atoms. The number of hydrogen-bond acceptors (Lipinski definition) is 5. The number of likely N-dealkylation sites (tertiary alicyclic amines) is 1. The van der Waals surface area contributed by atoms with Gasteiger partial charge in [-0.3, -0.25) is 9.59 Å². The van der Waals surface area contributed by atoms with Gasteiger partial charge in [-0.25, -0.2) is 4.79 Å². The van der Waals surface area contributed by atoms with Gasteiger partial charge in [-0.1, -0.05) is 26.7 Å². The maximum atomic E-state index is 12.3. The van der Waals surface area contributed by atoms with Crippen LogP contribution in [0.5, 0.6) is 0 Å². The Morgan fingerprint density at radius 3 is 2.29 bits per heavy atom. The van der Waals surface area contributed by atoms with Crippen LogP contribution in [0.2, 0.25) is 0 Å². The minimum absolute atomic E-state index is 0.159. The molecular weight excluding hydrogens is 360 g/mol.